The number of hydrogen-bond acceptors (Lipinski definition) is 3. The summed E-state index contributed by atoms with van der Waals surface area (Å²) < 4.78 is 10.8. The molecule has 0 heterocycles. The number of nitrogens with one attached hydrogen (secondary N) is 1. The van der Waals surface area contributed by atoms with Crippen LogP contribution in [0.15, 0.2) is 12.1 Å². The molecule has 106 valence electrons. The molecule has 0 spiro atoms. The Morgan fingerprint density at radius 1 is 1.16 bits per heavy atom. The predicted molar refractivity (Wildman–Crippen MR) is 78.3 cm³/mol. The average molecular weight is 263 g/mol. The number of hydrogen-bond donors (Lipinski definition) is 1. The number of methoxy groups -OCH3 is 2. The first-order valence-electron chi connectivity index (χ1n) is 6.85. The first-order valence-corrected chi connectivity index (χ1v) is 6.85. The van der Waals surface area contributed by atoms with Gasteiger partial charge in [-0.25, -0.2) is 0 Å². The number of ether oxygens (including phenoxy) is 2. The van der Waals surface area contributed by atoms with Crippen molar-refractivity contribution in [3.63, 3.8) is 0 Å². The van der Waals surface area contributed by atoms with Gasteiger partial charge in [-0.15, -0.1) is 0 Å². The van der Waals surface area contributed by atoms with Crippen molar-refractivity contribution in [2.45, 2.75) is 39.2 Å². The minimum absolute atomic E-state index is 0.277. The van der Waals surface area contributed by atoms with Crippen molar-refractivity contribution in [1.82, 2.24) is 5.32 Å². The maximum absolute atomic E-state index is 5.43. The van der Waals surface area contributed by atoms with Crippen LogP contribution in [0.5, 0.6) is 11.5 Å². The highest BCUT2D eigenvalue weighted by Crippen LogP contribution is 2.54. The molecule has 1 aliphatic rings. The van der Waals surface area contributed by atoms with E-state index in [9.17, 15) is 0 Å². The molecule has 0 aliphatic heterocycles. The zero-order valence-corrected chi connectivity index (χ0v) is 12.8. The zero-order valence-electron chi connectivity index (χ0n) is 12.8. The fraction of sp³-hybridized carbons (Fsp3) is 0.625. The summed E-state index contributed by atoms with van der Waals surface area (Å²) in [5.74, 6) is 2.21. The summed E-state index contributed by atoms with van der Waals surface area (Å²) in [4.78, 5) is 0. The lowest BCUT2D eigenvalue weighted by Crippen LogP contribution is -2.54. The van der Waals surface area contributed by atoms with Gasteiger partial charge in [0.25, 0.3) is 0 Å². The number of benzene rings is 1. The van der Waals surface area contributed by atoms with E-state index in [4.69, 9.17) is 9.47 Å². The highest BCUT2D eigenvalue weighted by molar-refractivity contribution is 5.49. The summed E-state index contributed by atoms with van der Waals surface area (Å²) in [6.07, 6.45) is 1.18. The normalized spacial score (nSPS) is 24.7. The summed E-state index contributed by atoms with van der Waals surface area (Å²) in [6, 6.07) is 4.81. The smallest absolute Gasteiger partial charge is 0.161 e. The first-order chi connectivity index (χ1) is 8.95. The van der Waals surface area contributed by atoms with Gasteiger partial charge in [0, 0.05) is 6.04 Å². The molecule has 0 saturated heterocycles. The van der Waals surface area contributed by atoms with Crippen LogP contribution in [0.1, 0.15) is 37.3 Å². The molecule has 3 heteroatoms. The third-order valence-electron chi connectivity index (χ3n) is 4.76. The van der Waals surface area contributed by atoms with E-state index in [1.54, 1.807) is 14.2 Å². The van der Waals surface area contributed by atoms with Gasteiger partial charge in [0.05, 0.1) is 14.2 Å². The second-order valence-electron chi connectivity index (χ2n) is 6.01. The molecule has 1 aliphatic carbocycles. The van der Waals surface area contributed by atoms with Gasteiger partial charge in [-0.1, -0.05) is 13.8 Å². The van der Waals surface area contributed by atoms with Crippen LogP contribution < -0.4 is 14.8 Å². The standard InChI is InChI=1S/C16H25NO2/c1-10-7-13(18-5)14(19-6)8-11(10)12-9-15(17-4)16(12,2)3/h7-8,12,15,17H,9H2,1-6H3. The minimum atomic E-state index is 0.277. The highest BCUT2D eigenvalue weighted by Gasteiger charge is 2.48. The van der Waals surface area contributed by atoms with Gasteiger partial charge >= 0.3 is 0 Å². The van der Waals surface area contributed by atoms with Crippen molar-refractivity contribution >= 4 is 0 Å². The molecular formula is C16H25NO2. The van der Waals surface area contributed by atoms with Crippen molar-refractivity contribution < 1.29 is 9.47 Å². The fourth-order valence-electron chi connectivity index (χ4n) is 3.31. The number of rotatable bonds is 4. The number of aryl methyl sites for hydroxylation is 1. The van der Waals surface area contributed by atoms with E-state index in [1.165, 1.54) is 17.5 Å². The summed E-state index contributed by atoms with van der Waals surface area (Å²) in [5.41, 5.74) is 2.94. The predicted octanol–water partition coefficient (Wildman–Crippen LogP) is 3.11. The maximum Gasteiger partial charge on any atom is 0.161 e. The molecule has 1 N–H and O–H groups in total. The van der Waals surface area contributed by atoms with Crippen LogP contribution in [-0.4, -0.2) is 27.3 Å². The summed E-state index contributed by atoms with van der Waals surface area (Å²) in [7, 11) is 5.42. The molecule has 0 radical (unpaired) electrons. The van der Waals surface area contributed by atoms with E-state index in [2.05, 4.69) is 38.2 Å². The van der Waals surface area contributed by atoms with E-state index in [-0.39, 0.29) is 5.41 Å². The lowest BCUT2D eigenvalue weighted by molar-refractivity contribution is 0.0745. The van der Waals surface area contributed by atoms with Gasteiger partial charge in [-0.2, -0.15) is 0 Å². The topological polar surface area (TPSA) is 30.5 Å². The second kappa shape index (κ2) is 5.04. The Balaban J connectivity index is 2.36. The maximum atomic E-state index is 5.43. The van der Waals surface area contributed by atoms with Crippen LogP contribution in [0.4, 0.5) is 0 Å². The van der Waals surface area contributed by atoms with Crippen molar-refractivity contribution in [3.8, 4) is 11.5 Å². The molecule has 2 rings (SSSR count). The van der Waals surface area contributed by atoms with Crippen molar-refractivity contribution in [3.05, 3.63) is 23.3 Å². The van der Waals surface area contributed by atoms with Crippen LogP contribution in [0, 0.1) is 12.3 Å². The van der Waals surface area contributed by atoms with E-state index < -0.39 is 0 Å². The van der Waals surface area contributed by atoms with E-state index in [1.807, 2.05) is 7.05 Å². The van der Waals surface area contributed by atoms with Crippen molar-refractivity contribution in [1.29, 1.82) is 0 Å². The summed E-state index contributed by atoms with van der Waals surface area (Å²) >= 11 is 0. The highest BCUT2D eigenvalue weighted by atomic mass is 16.5. The van der Waals surface area contributed by atoms with Gasteiger partial charge < -0.3 is 14.8 Å². The van der Waals surface area contributed by atoms with Crippen molar-refractivity contribution in [2.75, 3.05) is 21.3 Å². The van der Waals surface area contributed by atoms with Crippen LogP contribution >= 0.6 is 0 Å². The van der Waals surface area contributed by atoms with E-state index >= 15 is 0 Å². The molecule has 3 nitrogen and oxygen atoms in total. The Morgan fingerprint density at radius 3 is 2.21 bits per heavy atom. The molecule has 1 saturated carbocycles. The Morgan fingerprint density at radius 2 is 1.74 bits per heavy atom. The lowest BCUT2D eigenvalue weighted by Gasteiger charge is -2.53. The van der Waals surface area contributed by atoms with Crippen LogP contribution in [0.2, 0.25) is 0 Å². The molecular weight excluding hydrogens is 238 g/mol. The van der Waals surface area contributed by atoms with E-state index in [0.29, 0.717) is 12.0 Å². The fourth-order valence-corrected chi connectivity index (χ4v) is 3.31. The molecule has 1 fully saturated rings. The molecule has 2 atom stereocenters. The second-order valence-corrected chi connectivity index (χ2v) is 6.01. The minimum Gasteiger partial charge on any atom is -0.493 e. The largest absolute Gasteiger partial charge is 0.493 e. The molecule has 0 aromatic heterocycles. The SMILES string of the molecule is CNC1CC(c2cc(OC)c(OC)cc2C)C1(C)C. The molecule has 19 heavy (non-hydrogen) atoms. The monoisotopic (exact) mass is 263 g/mol. The Labute approximate surface area is 116 Å². The molecule has 0 bridgehead atoms. The van der Waals surface area contributed by atoms with Crippen LogP contribution in [-0.2, 0) is 0 Å². The molecule has 0 amide bonds. The van der Waals surface area contributed by atoms with Crippen LogP contribution in [0.3, 0.4) is 0 Å². The van der Waals surface area contributed by atoms with Crippen molar-refractivity contribution in [2.24, 2.45) is 5.41 Å². The van der Waals surface area contributed by atoms with Crippen LogP contribution in [0.25, 0.3) is 0 Å². The zero-order chi connectivity index (χ0) is 14.2. The average Bonchev–Trinajstić information content (AvgIpc) is 2.39. The third-order valence-corrected chi connectivity index (χ3v) is 4.76. The third kappa shape index (κ3) is 2.20. The van der Waals surface area contributed by atoms with E-state index in [0.717, 1.165) is 11.5 Å². The van der Waals surface area contributed by atoms with Gasteiger partial charge in [-0.3, -0.25) is 0 Å². The molecule has 2 unspecified atom stereocenters. The Bertz CT molecular complexity index is 468. The lowest BCUT2D eigenvalue weighted by atomic mass is 9.56. The van der Waals surface area contributed by atoms with Gasteiger partial charge in [-0.05, 0) is 55.0 Å². The Kier molecular flexibility index (Phi) is 3.77. The van der Waals surface area contributed by atoms with Gasteiger partial charge in [0.2, 0.25) is 0 Å². The Hall–Kier alpha value is -1.22. The quantitative estimate of drug-likeness (QED) is 0.905. The van der Waals surface area contributed by atoms with Gasteiger partial charge in [0.15, 0.2) is 11.5 Å². The molecule has 1 aromatic rings. The first kappa shape index (κ1) is 14.2. The summed E-state index contributed by atoms with van der Waals surface area (Å²) in [6.45, 7) is 6.82. The van der Waals surface area contributed by atoms with Gasteiger partial charge in [0.1, 0.15) is 0 Å². The molecule has 1 aromatic carbocycles. The summed E-state index contributed by atoms with van der Waals surface area (Å²) in [5, 5.41) is 3.41.